The molecular weight excluding hydrogens is 277 g/mol. The number of aromatic nitrogens is 1. The molecule has 0 saturated carbocycles. The number of rotatable bonds is 2. The smallest absolute Gasteiger partial charge is 0.152 e. The van der Waals surface area contributed by atoms with Crippen LogP contribution in [-0.2, 0) is 0 Å². The Morgan fingerprint density at radius 2 is 2.00 bits per heavy atom. The summed E-state index contributed by atoms with van der Waals surface area (Å²) < 4.78 is 14.0. The molecule has 0 bridgehead atoms. The number of carbonyl (C=O) groups excluding carboxylic acids is 1. The van der Waals surface area contributed by atoms with Crippen molar-refractivity contribution in [1.82, 2.24) is 4.98 Å². The predicted octanol–water partition coefficient (Wildman–Crippen LogP) is 4.75. The van der Waals surface area contributed by atoms with E-state index in [4.69, 9.17) is 11.6 Å². The number of fused-ring (bicyclic) bond motifs is 1. The molecule has 0 aliphatic rings. The molecule has 0 aliphatic carbocycles. The molecule has 3 aromatic rings. The van der Waals surface area contributed by atoms with Crippen LogP contribution in [0.1, 0.15) is 15.9 Å². The number of nitrogens with one attached hydrogen (secondary N) is 1. The molecule has 1 heterocycles. The van der Waals surface area contributed by atoms with Gasteiger partial charge in [0, 0.05) is 21.5 Å². The highest BCUT2D eigenvalue weighted by Gasteiger charge is 2.17. The number of aldehydes is 1. The lowest BCUT2D eigenvalue weighted by Crippen LogP contribution is -1.87. The van der Waals surface area contributed by atoms with Crippen molar-refractivity contribution in [3.63, 3.8) is 0 Å². The van der Waals surface area contributed by atoms with Gasteiger partial charge in [0.25, 0.3) is 0 Å². The summed E-state index contributed by atoms with van der Waals surface area (Å²) in [5, 5.41) is 0.775. The number of aryl methyl sites for hydroxylation is 1. The Morgan fingerprint density at radius 3 is 2.70 bits per heavy atom. The monoisotopic (exact) mass is 287 g/mol. The molecule has 0 fully saturated rings. The van der Waals surface area contributed by atoms with Gasteiger partial charge >= 0.3 is 0 Å². The van der Waals surface area contributed by atoms with Crippen LogP contribution in [0.15, 0.2) is 36.4 Å². The molecule has 0 atom stereocenters. The van der Waals surface area contributed by atoms with E-state index in [1.54, 1.807) is 6.07 Å². The second-order valence-corrected chi connectivity index (χ2v) is 5.09. The molecule has 2 nitrogen and oxygen atoms in total. The molecule has 0 amide bonds. The van der Waals surface area contributed by atoms with E-state index in [1.807, 2.05) is 31.2 Å². The fourth-order valence-electron chi connectivity index (χ4n) is 2.43. The summed E-state index contributed by atoms with van der Waals surface area (Å²) in [5.41, 5.74) is 3.23. The van der Waals surface area contributed by atoms with Crippen molar-refractivity contribution in [3.8, 4) is 11.3 Å². The Bertz CT molecular complexity index is 823. The standard InChI is InChI=1S/C16H11ClFNO/c1-9-4-2-3-5-11(9)15-13(8-20)12-6-10(17)7-14(18)16(12)19-15/h2-8,19H,1H3. The topological polar surface area (TPSA) is 32.9 Å². The van der Waals surface area contributed by atoms with E-state index in [0.29, 0.717) is 22.2 Å². The van der Waals surface area contributed by atoms with Gasteiger partial charge < -0.3 is 4.98 Å². The number of H-pyrrole nitrogens is 1. The molecule has 3 rings (SSSR count). The lowest BCUT2D eigenvalue weighted by molar-refractivity contribution is 0.112. The van der Waals surface area contributed by atoms with Crippen LogP contribution in [0.25, 0.3) is 22.2 Å². The maximum atomic E-state index is 14.0. The zero-order chi connectivity index (χ0) is 14.3. The van der Waals surface area contributed by atoms with Crippen LogP contribution in [0.4, 0.5) is 4.39 Å². The molecule has 1 aromatic heterocycles. The minimum Gasteiger partial charge on any atom is -0.352 e. The molecule has 0 spiro atoms. The molecule has 0 unspecified atom stereocenters. The predicted molar refractivity (Wildman–Crippen MR) is 78.8 cm³/mol. The minimum absolute atomic E-state index is 0.272. The van der Waals surface area contributed by atoms with Gasteiger partial charge in [-0.25, -0.2) is 4.39 Å². The number of carbonyl (C=O) groups is 1. The summed E-state index contributed by atoms with van der Waals surface area (Å²) in [6.45, 7) is 1.94. The third-order valence-corrected chi connectivity index (χ3v) is 3.61. The van der Waals surface area contributed by atoms with Crippen molar-refractivity contribution in [2.24, 2.45) is 0 Å². The number of halogens is 2. The Balaban J connectivity index is 2.40. The zero-order valence-electron chi connectivity index (χ0n) is 10.7. The van der Waals surface area contributed by atoms with Crippen molar-refractivity contribution in [2.75, 3.05) is 0 Å². The molecule has 0 aliphatic heterocycles. The van der Waals surface area contributed by atoms with Gasteiger partial charge in [-0.15, -0.1) is 0 Å². The third-order valence-electron chi connectivity index (χ3n) is 3.40. The summed E-state index contributed by atoms with van der Waals surface area (Å²) in [6.07, 6.45) is 0.733. The SMILES string of the molecule is Cc1ccccc1-c1[nH]c2c(F)cc(Cl)cc2c1C=O. The molecule has 1 N–H and O–H groups in total. The Hall–Kier alpha value is -2.13. The van der Waals surface area contributed by atoms with Crippen LogP contribution in [0.2, 0.25) is 5.02 Å². The average Bonchev–Trinajstić information content (AvgIpc) is 2.77. The van der Waals surface area contributed by atoms with E-state index in [2.05, 4.69) is 4.98 Å². The lowest BCUT2D eigenvalue weighted by Gasteiger charge is -2.03. The summed E-state index contributed by atoms with van der Waals surface area (Å²) >= 11 is 5.87. The van der Waals surface area contributed by atoms with E-state index in [1.165, 1.54) is 6.07 Å². The summed E-state index contributed by atoms with van der Waals surface area (Å²) in [4.78, 5) is 14.4. The van der Waals surface area contributed by atoms with E-state index in [9.17, 15) is 9.18 Å². The second kappa shape index (κ2) is 4.76. The Labute approximate surface area is 120 Å². The molecule has 20 heavy (non-hydrogen) atoms. The largest absolute Gasteiger partial charge is 0.352 e. The summed E-state index contributed by atoms with van der Waals surface area (Å²) in [5.74, 6) is -0.463. The average molecular weight is 288 g/mol. The van der Waals surface area contributed by atoms with E-state index in [0.717, 1.165) is 17.4 Å². The number of benzene rings is 2. The second-order valence-electron chi connectivity index (χ2n) is 4.66. The van der Waals surface area contributed by atoms with Gasteiger partial charge in [0.15, 0.2) is 6.29 Å². The zero-order valence-corrected chi connectivity index (χ0v) is 11.5. The number of aromatic amines is 1. The van der Waals surface area contributed by atoms with E-state index >= 15 is 0 Å². The van der Waals surface area contributed by atoms with Gasteiger partial charge in [0.2, 0.25) is 0 Å². The first kappa shape index (κ1) is 12.9. The highest BCUT2D eigenvalue weighted by molar-refractivity contribution is 6.31. The number of hydrogen-bond donors (Lipinski definition) is 1. The fraction of sp³-hybridized carbons (Fsp3) is 0.0625. The van der Waals surface area contributed by atoms with E-state index < -0.39 is 5.82 Å². The van der Waals surface area contributed by atoms with E-state index in [-0.39, 0.29) is 5.02 Å². The summed E-state index contributed by atoms with van der Waals surface area (Å²) in [6, 6.07) is 10.5. The molecule has 0 saturated heterocycles. The highest BCUT2D eigenvalue weighted by atomic mass is 35.5. The van der Waals surface area contributed by atoms with Crippen molar-refractivity contribution in [1.29, 1.82) is 0 Å². The molecule has 0 radical (unpaired) electrons. The van der Waals surface area contributed by atoms with Gasteiger partial charge in [-0.3, -0.25) is 4.79 Å². The third kappa shape index (κ3) is 1.91. The molecule has 2 aromatic carbocycles. The lowest BCUT2D eigenvalue weighted by atomic mass is 10.0. The van der Waals surface area contributed by atoms with Crippen molar-refractivity contribution >= 4 is 28.8 Å². The van der Waals surface area contributed by atoms with Crippen LogP contribution >= 0.6 is 11.6 Å². The van der Waals surface area contributed by atoms with Crippen LogP contribution < -0.4 is 0 Å². The maximum absolute atomic E-state index is 14.0. The van der Waals surface area contributed by atoms with Crippen LogP contribution in [0.5, 0.6) is 0 Å². The van der Waals surface area contributed by atoms with Gasteiger partial charge in [-0.2, -0.15) is 0 Å². The molecule has 4 heteroatoms. The van der Waals surface area contributed by atoms with Gasteiger partial charge in [0.05, 0.1) is 11.2 Å². The van der Waals surface area contributed by atoms with Gasteiger partial charge in [-0.05, 0) is 24.6 Å². The van der Waals surface area contributed by atoms with Crippen molar-refractivity contribution in [2.45, 2.75) is 6.92 Å². The summed E-state index contributed by atoms with van der Waals surface area (Å²) in [7, 11) is 0. The first-order chi connectivity index (χ1) is 9.61. The van der Waals surface area contributed by atoms with Crippen molar-refractivity contribution < 1.29 is 9.18 Å². The van der Waals surface area contributed by atoms with Gasteiger partial charge in [-0.1, -0.05) is 35.9 Å². The van der Waals surface area contributed by atoms with Crippen molar-refractivity contribution in [3.05, 3.63) is 58.4 Å². The van der Waals surface area contributed by atoms with Gasteiger partial charge in [0.1, 0.15) is 5.82 Å². The minimum atomic E-state index is -0.463. The molecule has 100 valence electrons. The molecular formula is C16H11ClFNO. The normalized spacial score (nSPS) is 10.9. The fourth-order valence-corrected chi connectivity index (χ4v) is 2.63. The Kier molecular flexibility index (Phi) is 3.07. The number of hydrogen-bond acceptors (Lipinski definition) is 1. The maximum Gasteiger partial charge on any atom is 0.152 e. The highest BCUT2D eigenvalue weighted by Crippen LogP contribution is 2.33. The first-order valence-corrected chi connectivity index (χ1v) is 6.51. The van der Waals surface area contributed by atoms with Crippen LogP contribution in [0, 0.1) is 12.7 Å². The Morgan fingerprint density at radius 1 is 1.25 bits per heavy atom. The van der Waals surface area contributed by atoms with Crippen LogP contribution in [-0.4, -0.2) is 11.3 Å². The van der Waals surface area contributed by atoms with Crippen LogP contribution in [0.3, 0.4) is 0 Å². The quantitative estimate of drug-likeness (QED) is 0.678. The first-order valence-electron chi connectivity index (χ1n) is 6.13.